The van der Waals surface area contributed by atoms with Gasteiger partial charge in [-0.05, 0) is 57.6 Å². The minimum Gasteiger partial charge on any atom is -0.377 e. The lowest BCUT2D eigenvalue weighted by molar-refractivity contribution is -0.0730. The van der Waals surface area contributed by atoms with Crippen molar-refractivity contribution in [3.05, 3.63) is 35.4 Å². The first kappa shape index (κ1) is 15.5. The van der Waals surface area contributed by atoms with Crippen molar-refractivity contribution >= 4 is 0 Å². The average Bonchev–Trinajstić information content (AvgIpc) is 2.48. The van der Waals surface area contributed by atoms with Gasteiger partial charge in [-0.2, -0.15) is 0 Å². The molecule has 112 valence electrons. The number of hydrogen-bond donors (Lipinski definition) is 1. The highest BCUT2D eigenvalue weighted by atomic mass is 16.5. The van der Waals surface area contributed by atoms with E-state index in [1.807, 2.05) is 7.11 Å². The Hall–Kier alpha value is -0.860. The van der Waals surface area contributed by atoms with E-state index in [0.717, 1.165) is 12.3 Å². The van der Waals surface area contributed by atoms with E-state index >= 15 is 0 Å². The molecule has 0 amide bonds. The van der Waals surface area contributed by atoms with Crippen molar-refractivity contribution in [2.45, 2.75) is 57.6 Å². The Morgan fingerprint density at radius 2 is 1.85 bits per heavy atom. The normalized spacial score (nSPS) is 28.3. The van der Waals surface area contributed by atoms with Crippen LogP contribution in [0, 0.1) is 12.8 Å². The van der Waals surface area contributed by atoms with E-state index in [1.54, 1.807) is 0 Å². The maximum Gasteiger partial charge on any atom is 0.0834 e. The number of rotatable bonds is 5. The molecule has 0 spiro atoms. The maximum absolute atomic E-state index is 6.01. The summed E-state index contributed by atoms with van der Waals surface area (Å²) in [6, 6.07) is 9.28. The second-order valence-corrected chi connectivity index (χ2v) is 6.48. The number of aryl methyl sites for hydroxylation is 1. The topological polar surface area (TPSA) is 21.3 Å². The van der Waals surface area contributed by atoms with Crippen molar-refractivity contribution in [1.82, 2.24) is 5.32 Å². The first-order valence-corrected chi connectivity index (χ1v) is 7.87. The third-order valence-electron chi connectivity index (χ3n) is 5.07. The molecule has 0 bridgehead atoms. The number of hydrogen-bond acceptors (Lipinski definition) is 2. The van der Waals surface area contributed by atoms with Gasteiger partial charge >= 0.3 is 0 Å². The van der Waals surface area contributed by atoms with E-state index < -0.39 is 0 Å². The summed E-state index contributed by atoms with van der Waals surface area (Å²) in [5.74, 6) is 0.843. The Labute approximate surface area is 123 Å². The van der Waals surface area contributed by atoms with E-state index in [0.29, 0.717) is 6.04 Å². The predicted octanol–water partition coefficient (Wildman–Crippen LogP) is 3.72. The van der Waals surface area contributed by atoms with Crippen LogP contribution in [0.3, 0.4) is 0 Å². The zero-order chi connectivity index (χ0) is 14.6. The molecule has 0 aliphatic heterocycles. The van der Waals surface area contributed by atoms with Crippen molar-refractivity contribution in [3.63, 3.8) is 0 Å². The zero-order valence-electron chi connectivity index (χ0n) is 13.4. The molecule has 2 nitrogen and oxygen atoms in total. The van der Waals surface area contributed by atoms with Gasteiger partial charge in [-0.15, -0.1) is 0 Å². The SMILES string of the molecule is CNC(Cc1ccc(C)cc1)C1(OC)CCC(C)CC1. The standard InChI is InChI=1S/C18H29NO/c1-14-5-7-16(8-6-14)13-17(19-3)18(20-4)11-9-15(2)10-12-18/h5-8,15,17,19H,9-13H2,1-4H3. The van der Waals surface area contributed by atoms with Crippen LogP contribution in [0.5, 0.6) is 0 Å². The fourth-order valence-corrected chi connectivity index (χ4v) is 3.46. The monoisotopic (exact) mass is 275 g/mol. The molecule has 1 unspecified atom stereocenters. The van der Waals surface area contributed by atoms with Crippen LogP contribution in [0.1, 0.15) is 43.7 Å². The third kappa shape index (κ3) is 3.42. The zero-order valence-corrected chi connectivity index (χ0v) is 13.4. The summed E-state index contributed by atoms with van der Waals surface area (Å²) in [6.45, 7) is 4.49. The summed E-state index contributed by atoms with van der Waals surface area (Å²) in [5, 5.41) is 3.52. The molecule has 0 radical (unpaired) electrons. The summed E-state index contributed by atoms with van der Waals surface area (Å²) in [5.41, 5.74) is 2.72. The first-order chi connectivity index (χ1) is 9.59. The van der Waals surface area contributed by atoms with Gasteiger partial charge in [0, 0.05) is 13.2 Å². The van der Waals surface area contributed by atoms with Gasteiger partial charge < -0.3 is 10.1 Å². The van der Waals surface area contributed by atoms with Crippen LogP contribution < -0.4 is 5.32 Å². The van der Waals surface area contributed by atoms with E-state index in [1.165, 1.54) is 36.8 Å². The smallest absolute Gasteiger partial charge is 0.0834 e. The molecular formula is C18H29NO. The molecule has 0 aromatic heterocycles. The van der Waals surface area contributed by atoms with Gasteiger partial charge in [0.1, 0.15) is 0 Å². The summed E-state index contributed by atoms with van der Waals surface area (Å²) in [7, 11) is 3.95. The molecule has 1 N–H and O–H groups in total. The molecule has 1 saturated carbocycles. The number of benzene rings is 1. The Bertz CT molecular complexity index is 404. The first-order valence-electron chi connectivity index (χ1n) is 7.87. The third-order valence-corrected chi connectivity index (χ3v) is 5.07. The lowest BCUT2D eigenvalue weighted by Crippen LogP contribution is -2.54. The molecule has 2 rings (SSSR count). The highest BCUT2D eigenvalue weighted by Gasteiger charge is 2.40. The van der Waals surface area contributed by atoms with Gasteiger partial charge in [0.05, 0.1) is 5.60 Å². The molecule has 1 atom stereocenters. The molecule has 0 heterocycles. The molecule has 2 heteroatoms. The quantitative estimate of drug-likeness (QED) is 0.884. The molecule has 1 aromatic rings. The molecule has 1 aromatic carbocycles. The van der Waals surface area contributed by atoms with Crippen LogP contribution in [0.4, 0.5) is 0 Å². The molecule has 1 aliphatic carbocycles. The van der Waals surface area contributed by atoms with Gasteiger partial charge in [0.15, 0.2) is 0 Å². The van der Waals surface area contributed by atoms with E-state index in [9.17, 15) is 0 Å². The molecular weight excluding hydrogens is 246 g/mol. The van der Waals surface area contributed by atoms with Crippen molar-refractivity contribution in [2.24, 2.45) is 5.92 Å². The highest BCUT2D eigenvalue weighted by Crippen LogP contribution is 2.37. The lowest BCUT2D eigenvalue weighted by atomic mass is 9.74. The molecule has 20 heavy (non-hydrogen) atoms. The summed E-state index contributed by atoms with van der Waals surface area (Å²) in [6.07, 6.45) is 5.93. The Kier molecular flexibility index (Phi) is 5.22. The van der Waals surface area contributed by atoms with Crippen LogP contribution in [-0.2, 0) is 11.2 Å². The molecule has 1 fully saturated rings. The van der Waals surface area contributed by atoms with Gasteiger partial charge in [-0.3, -0.25) is 0 Å². The molecule has 1 aliphatic rings. The Morgan fingerprint density at radius 1 is 1.25 bits per heavy atom. The van der Waals surface area contributed by atoms with Crippen LogP contribution >= 0.6 is 0 Å². The van der Waals surface area contributed by atoms with Gasteiger partial charge in [0.25, 0.3) is 0 Å². The van der Waals surface area contributed by atoms with E-state index in [2.05, 4.69) is 50.5 Å². The van der Waals surface area contributed by atoms with Crippen LogP contribution in [0.15, 0.2) is 24.3 Å². The van der Waals surface area contributed by atoms with E-state index in [-0.39, 0.29) is 5.60 Å². The second kappa shape index (κ2) is 6.73. The van der Waals surface area contributed by atoms with Crippen LogP contribution in [0.25, 0.3) is 0 Å². The van der Waals surface area contributed by atoms with Crippen molar-refractivity contribution in [1.29, 1.82) is 0 Å². The predicted molar refractivity (Wildman–Crippen MR) is 85.1 cm³/mol. The number of methoxy groups -OCH3 is 1. The fraction of sp³-hybridized carbons (Fsp3) is 0.667. The minimum absolute atomic E-state index is 0.00610. The summed E-state index contributed by atoms with van der Waals surface area (Å²) in [4.78, 5) is 0. The van der Waals surface area contributed by atoms with Gasteiger partial charge in [0.2, 0.25) is 0 Å². The Morgan fingerprint density at radius 3 is 2.35 bits per heavy atom. The highest BCUT2D eigenvalue weighted by molar-refractivity contribution is 5.23. The Balaban J connectivity index is 2.11. The summed E-state index contributed by atoms with van der Waals surface area (Å²) < 4.78 is 6.01. The lowest BCUT2D eigenvalue weighted by Gasteiger charge is -2.44. The second-order valence-electron chi connectivity index (χ2n) is 6.48. The number of likely N-dealkylation sites (N-methyl/N-ethyl adjacent to an activating group) is 1. The summed E-state index contributed by atoms with van der Waals surface area (Å²) >= 11 is 0. The van der Waals surface area contributed by atoms with Gasteiger partial charge in [-0.1, -0.05) is 36.8 Å². The van der Waals surface area contributed by atoms with Crippen molar-refractivity contribution in [2.75, 3.05) is 14.2 Å². The fourth-order valence-electron chi connectivity index (χ4n) is 3.46. The van der Waals surface area contributed by atoms with Crippen molar-refractivity contribution in [3.8, 4) is 0 Å². The number of nitrogens with one attached hydrogen (secondary N) is 1. The van der Waals surface area contributed by atoms with Gasteiger partial charge in [-0.25, -0.2) is 0 Å². The van der Waals surface area contributed by atoms with E-state index in [4.69, 9.17) is 4.74 Å². The number of ether oxygens (including phenoxy) is 1. The average molecular weight is 275 g/mol. The maximum atomic E-state index is 6.01. The minimum atomic E-state index is 0.00610. The van der Waals surface area contributed by atoms with Crippen LogP contribution in [-0.4, -0.2) is 25.8 Å². The largest absolute Gasteiger partial charge is 0.377 e. The van der Waals surface area contributed by atoms with Crippen LogP contribution in [0.2, 0.25) is 0 Å². The van der Waals surface area contributed by atoms with Crippen molar-refractivity contribution < 1.29 is 4.74 Å². The molecule has 0 saturated heterocycles.